The first-order valence-corrected chi connectivity index (χ1v) is 9.91. The molecule has 1 aliphatic heterocycles. The molecule has 3 nitrogen and oxygen atoms in total. The maximum atomic E-state index is 4.97. The summed E-state index contributed by atoms with van der Waals surface area (Å²) < 4.78 is 0. The molecular weight excluding hydrogens is 302 g/mol. The third-order valence-electron chi connectivity index (χ3n) is 5.01. The fourth-order valence-corrected chi connectivity index (χ4v) is 5.08. The molecule has 0 radical (unpaired) electrons. The highest BCUT2D eigenvalue weighted by atomic mass is 32.2. The van der Waals surface area contributed by atoms with Crippen LogP contribution in [0.2, 0.25) is 0 Å². The van der Waals surface area contributed by atoms with Crippen molar-refractivity contribution in [3.05, 3.63) is 30.1 Å². The van der Waals surface area contributed by atoms with Gasteiger partial charge in [-0.15, -0.1) is 11.8 Å². The maximum Gasteiger partial charge on any atom is 0.144 e. The van der Waals surface area contributed by atoms with Gasteiger partial charge in [-0.3, -0.25) is 4.90 Å². The second kappa shape index (κ2) is 7.18. The predicted octanol–water partition coefficient (Wildman–Crippen LogP) is 4.65. The van der Waals surface area contributed by atoms with Gasteiger partial charge in [-0.2, -0.15) is 0 Å². The van der Waals surface area contributed by atoms with Crippen molar-refractivity contribution in [1.82, 2.24) is 14.9 Å². The van der Waals surface area contributed by atoms with Crippen LogP contribution in [0.3, 0.4) is 0 Å². The third kappa shape index (κ3) is 3.69. The van der Waals surface area contributed by atoms with Crippen LogP contribution < -0.4 is 0 Å². The Bertz CT molecular complexity index is 661. The Kier molecular flexibility index (Phi) is 4.81. The van der Waals surface area contributed by atoms with Crippen LogP contribution in [0.1, 0.15) is 50.8 Å². The summed E-state index contributed by atoms with van der Waals surface area (Å²) >= 11 is 2.00. The van der Waals surface area contributed by atoms with Crippen molar-refractivity contribution in [3.63, 3.8) is 0 Å². The van der Waals surface area contributed by atoms with E-state index in [1.807, 2.05) is 11.8 Å². The molecule has 2 aliphatic rings. The standard InChI is InChI=1S/C19H25N3S/c1-2-8-15(9-3-1)23-19-16-10-4-5-11-17(16)20-18(21-19)14-22-12-6-7-13-22/h4-5,10-11,15H,1-3,6-9,12-14H2. The van der Waals surface area contributed by atoms with E-state index in [-0.39, 0.29) is 0 Å². The summed E-state index contributed by atoms with van der Waals surface area (Å²) in [6, 6.07) is 8.51. The highest BCUT2D eigenvalue weighted by Crippen LogP contribution is 2.35. The van der Waals surface area contributed by atoms with Crippen molar-refractivity contribution in [3.8, 4) is 0 Å². The number of nitrogens with zero attached hydrogens (tertiary/aromatic N) is 3. The van der Waals surface area contributed by atoms with Gasteiger partial charge >= 0.3 is 0 Å². The zero-order chi connectivity index (χ0) is 15.5. The Hall–Kier alpha value is -1.13. The van der Waals surface area contributed by atoms with Crippen LogP contribution in [0.15, 0.2) is 29.3 Å². The molecule has 0 bridgehead atoms. The summed E-state index contributed by atoms with van der Waals surface area (Å²) in [7, 11) is 0. The molecule has 0 unspecified atom stereocenters. The topological polar surface area (TPSA) is 29.0 Å². The van der Waals surface area contributed by atoms with Crippen LogP contribution in [0.4, 0.5) is 0 Å². The lowest BCUT2D eigenvalue weighted by atomic mass is 10.0. The Balaban J connectivity index is 1.62. The number of rotatable bonds is 4. The fraction of sp³-hybridized carbons (Fsp3) is 0.579. The van der Waals surface area contributed by atoms with Gasteiger partial charge in [-0.25, -0.2) is 9.97 Å². The number of para-hydroxylation sites is 1. The normalized spacial score (nSPS) is 20.3. The number of hydrogen-bond donors (Lipinski definition) is 0. The lowest BCUT2D eigenvalue weighted by Gasteiger charge is -2.21. The highest BCUT2D eigenvalue weighted by molar-refractivity contribution is 8.00. The van der Waals surface area contributed by atoms with Gasteiger partial charge in [0, 0.05) is 10.6 Å². The van der Waals surface area contributed by atoms with Gasteiger partial charge in [0.05, 0.1) is 12.1 Å². The minimum Gasteiger partial charge on any atom is -0.296 e. The van der Waals surface area contributed by atoms with Gasteiger partial charge < -0.3 is 0 Å². The SMILES string of the molecule is c1ccc2c(SC3CCCCC3)nc(CN3CCCC3)nc2c1. The second-order valence-electron chi connectivity index (χ2n) is 6.82. The molecule has 1 aromatic carbocycles. The van der Waals surface area contributed by atoms with E-state index >= 15 is 0 Å². The molecule has 2 fully saturated rings. The van der Waals surface area contributed by atoms with Gasteiger partial charge in [-0.1, -0.05) is 37.5 Å². The summed E-state index contributed by atoms with van der Waals surface area (Å²) in [6.07, 6.45) is 9.47. The molecule has 1 aliphatic carbocycles. The number of aromatic nitrogens is 2. The summed E-state index contributed by atoms with van der Waals surface area (Å²) in [5, 5.41) is 3.17. The monoisotopic (exact) mass is 327 g/mol. The van der Waals surface area contributed by atoms with Crippen molar-refractivity contribution in [2.45, 2.75) is 61.8 Å². The third-order valence-corrected chi connectivity index (χ3v) is 6.35. The quantitative estimate of drug-likeness (QED) is 0.764. The minimum absolute atomic E-state index is 0.738. The maximum absolute atomic E-state index is 4.97. The van der Waals surface area contributed by atoms with E-state index in [0.29, 0.717) is 0 Å². The molecular formula is C19H25N3S. The van der Waals surface area contributed by atoms with Crippen molar-refractivity contribution in [2.24, 2.45) is 0 Å². The van der Waals surface area contributed by atoms with E-state index in [1.54, 1.807) is 0 Å². The van der Waals surface area contributed by atoms with Crippen LogP contribution in [0.5, 0.6) is 0 Å². The average molecular weight is 327 g/mol. The zero-order valence-electron chi connectivity index (χ0n) is 13.7. The summed E-state index contributed by atoms with van der Waals surface area (Å²) in [5.74, 6) is 1.00. The summed E-state index contributed by atoms with van der Waals surface area (Å²) in [5.41, 5.74) is 1.11. The smallest absolute Gasteiger partial charge is 0.144 e. The molecule has 1 aromatic heterocycles. The minimum atomic E-state index is 0.738. The number of likely N-dealkylation sites (tertiary alicyclic amines) is 1. The molecule has 4 rings (SSSR count). The first kappa shape index (κ1) is 15.4. The van der Waals surface area contributed by atoms with E-state index in [1.165, 1.54) is 68.4 Å². The van der Waals surface area contributed by atoms with Crippen molar-refractivity contribution in [1.29, 1.82) is 0 Å². The van der Waals surface area contributed by atoms with Crippen LogP contribution in [-0.4, -0.2) is 33.2 Å². The number of hydrogen-bond acceptors (Lipinski definition) is 4. The largest absolute Gasteiger partial charge is 0.296 e. The Labute approximate surface area is 142 Å². The first-order valence-electron chi connectivity index (χ1n) is 9.03. The van der Waals surface area contributed by atoms with Gasteiger partial charge in [-0.05, 0) is 44.8 Å². The molecule has 0 amide bonds. The summed E-state index contributed by atoms with van der Waals surface area (Å²) in [6.45, 7) is 3.30. The molecule has 2 aromatic rings. The molecule has 0 atom stereocenters. The number of fused-ring (bicyclic) bond motifs is 1. The Morgan fingerprint density at radius 2 is 1.74 bits per heavy atom. The van der Waals surface area contributed by atoms with E-state index in [2.05, 4.69) is 29.2 Å². The van der Waals surface area contributed by atoms with E-state index in [4.69, 9.17) is 9.97 Å². The molecule has 4 heteroatoms. The van der Waals surface area contributed by atoms with Gasteiger partial charge in [0.2, 0.25) is 0 Å². The second-order valence-corrected chi connectivity index (χ2v) is 8.11. The zero-order valence-corrected chi connectivity index (χ0v) is 14.5. The fourth-order valence-electron chi connectivity index (χ4n) is 3.74. The molecule has 122 valence electrons. The van der Waals surface area contributed by atoms with E-state index in [0.717, 1.165) is 23.1 Å². The van der Waals surface area contributed by atoms with E-state index < -0.39 is 0 Å². The molecule has 1 saturated heterocycles. The first-order chi connectivity index (χ1) is 11.4. The van der Waals surface area contributed by atoms with Crippen LogP contribution in [0, 0.1) is 0 Å². The van der Waals surface area contributed by atoms with E-state index in [9.17, 15) is 0 Å². The van der Waals surface area contributed by atoms with Crippen LogP contribution in [0.25, 0.3) is 10.9 Å². The molecule has 0 N–H and O–H groups in total. The summed E-state index contributed by atoms with van der Waals surface area (Å²) in [4.78, 5) is 12.3. The highest BCUT2D eigenvalue weighted by Gasteiger charge is 2.19. The van der Waals surface area contributed by atoms with Gasteiger partial charge in [0.15, 0.2) is 0 Å². The van der Waals surface area contributed by atoms with Gasteiger partial charge in [0.1, 0.15) is 10.9 Å². The Morgan fingerprint density at radius 1 is 0.957 bits per heavy atom. The van der Waals surface area contributed by atoms with Crippen molar-refractivity contribution < 1.29 is 0 Å². The Morgan fingerprint density at radius 3 is 2.57 bits per heavy atom. The molecule has 2 heterocycles. The van der Waals surface area contributed by atoms with Crippen LogP contribution in [-0.2, 0) is 6.54 Å². The molecule has 0 spiro atoms. The van der Waals surface area contributed by atoms with Gasteiger partial charge in [0.25, 0.3) is 0 Å². The molecule has 1 saturated carbocycles. The average Bonchev–Trinajstić information content (AvgIpc) is 3.09. The van der Waals surface area contributed by atoms with Crippen molar-refractivity contribution in [2.75, 3.05) is 13.1 Å². The number of thioether (sulfide) groups is 1. The van der Waals surface area contributed by atoms with Crippen LogP contribution >= 0.6 is 11.8 Å². The lowest BCUT2D eigenvalue weighted by molar-refractivity contribution is 0.322. The lowest BCUT2D eigenvalue weighted by Crippen LogP contribution is -2.20. The molecule has 23 heavy (non-hydrogen) atoms. The number of benzene rings is 1. The predicted molar refractivity (Wildman–Crippen MR) is 96.8 cm³/mol. The van der Waals surface area contributed by atoms with Crippen molar-refractivity contribution >= 4 is 22.7 Å².